The molecule has 2 heterocycles. The van der Waals surface area contributed by atoms with Crippen LogP contribution in [0.25, 0.3) is 10.9 Å². The number of imide groups is 1. The van der Waals surface area contributed by atoms with Crippen molar-refractivity contribution in [3.05, 3.63) is 69.8 Å². The average Bonchev–Trinajstić information content (AvgIpc) is 2.80. The summed E-state index contributed by atoms with van der Waals surface area (Å²) in [5.74, 6) is -2.34. The molecule has 0 radical (unpaired) electrons. The van der Waals surface area contributed by atoms with E-state index in [-0.39, 0.29) is 36.2 Å². The van der Waals surface area contributed by atoms with Gasteiger partial charge in [-0.1, -0.05) is 6.07 Å². The number of alkyl halides is 3. The SMILES string of the molecule is [2H][C@]1(n2c(C)nc3ccc(CNC(=O)c4ccc(OC(F)(F)F)cc4)cc3c2=O)CCC(=O)NC1=O. The van der Waals surface area contributed by atoms with Gasteiger partial charge in [0.2, 0.25) is 11.8 Å². The van der Waals surface area contributed by atoms with E-state index < -0.39 is 41.4 Å². The average molecular weight is 489 g/mol. The third-order valence-corrected chi connectivity index (χ3v) is 5.28. The van der Waals surface area contributed by atoms with E-state index in [0.717, 1.165) is 16.7 Å². The molecule has 2 N–H and O–H groups in total. The standard InChI is InChI=1S/C23H19F3N4O5/c1-12-28-17-7-2-13(10-16(17)22(34)30(12)18-8-9-19(31)29-21(18)33)11-27-20(32)14-3-5-15(6-4-14)35-23(24,25)26/h2-7,10,18H,8-9,11H2,1H3,(H,27,32)(H,29,31,33)/t18-/m0/s1/i18D. The Morgan fingerprint density at radius 1 is 1.23 bits per heavy atom. The number of aromatic nitrogens is 2. The Labute approximate surface area is 197 Å². The first kappa shape index (κ1) is 22.6. The van der Waals surface area contributed by atoms with Gasteiger partial charge < -0.3 is 10.1 Å². The Morgan fingerprint density at radius 3 is 2.60 bits per heavy atom. The summed E-state index contributed by atoms with van der Waals surface area (Å²) in [4.78, 5) is 53.9. The van der Waals surface area contributed by atoms with Crippen molar-refractivity contribution in [2.45, 2.75) is 38.7 Å². The molecular formula is C23H19F3N4O5. The van der Waals surface area contributed by atoms with Gasteiger partial charge in [-0.15, -0.1) is 13.2 Å². The Bertz CT molecular complexity index is 1440. The van der Waals surface area contributed by atoms with Crippen molar-refractivity contribution in [2.75, 3.05) is 0 Å². The van der Waals surface area contributed by atoms with E-state index in [1.807, 2.05) is 0 Å². The van der Waals surface area contributed by atoms with Crippen LogP contribution in [0.3, 0.4) is 0 Å². The van der Waals surface area contributed by atoms with Crippen molar-refractivity contribution < 1.29 is 33.7 Å². The second-order valence-corrected chi connectivity index (χ2v) is 7.73. The summed E-state index contributed by atoms with van der Waals surface area (Å²) in [6.07, 6.45) is -5.13. The summed E-state index contributed by atoms with van der Waals surface area (Å²) in [7, 11) is 0. The van der Waals surface area contributed by atoms with Gasteiger partial charge in [-0.2, -0.15) is 0 Å². The summed E-state index contributed by atoms with van der Waals surface area (Å²) in [6, 6.07) is 6.99. The number of carbonyl (C=O) groups excluding carboxylic acids is 3. The lowest BCUT2D eigenvalue weighted by atomic mass is 10.0. The molecule has 1 aliphatic heterocycles. The van der Waals surface area contributed by atoms with E-state index in [2.05, 4.69) is 20.4 Å². The van der Waals surface area contributed by atoms with E-state index >= 15 is 0 Å². The number of ether oxygens (including phenoxy) is 1. The van der Waals surface area contributed by atoms with Crippen LogP contribution in [0.4, 0.5) is 13.2 Å². The Kier molecular flexibility index (Phi) is 5.93. The Balaban J connectivity index is 1.56. The topological polar surface area (TPSA) is 119 Å². The monoisotopic (exact) mass is 489 g/mol. The van der Waals surface area contributed by atoms with E-state index in [4.69, 9.17) is 1.37 Å². The number of nitrogens with one attached hydrogen (secondary N) is 2. The molecule has 0 unspecified atom stereocenters. The van der Waals surface area contributed by atoms with Crippen molar-refractivity contribution in [3.8, 4) is 5.75 Å². The zero-order chi connectivity index (χ0) is 26.3. The number of hydrogen-bond donors (Lipinski definition) is 2. The molecule has 0 aliphatic carbocycles. The van der Waals surface area contributed by atoms with Gasteiger partial charge in [0.05, 0.1) is 12.3 Å². The molecule has 1 saturated heterocycles. The minimum Gasteiger partial charge on any atom is -0.406 e. The smallest absolute Gasteiger partial charge is 0.406 e. The first-order valence-corrected chi connectivity index (χ1v) is 10.4. The molecular weight excluding hydrogens is 469 g/mol. The molecule has 3 aromatic rings. The summed E-state index contributed by atoms with van der Waals surface area (Å²) in [5, 5.41) is 4.80. The van der Waals surface area contributed by atoms with Gasteiger partial charge in [0.1, 0.15) is 17.6 Å². The highest BCUT2D eigenvalue weighted by atomic mass is 19.4. The van der Waals surface area contributed by atoms with Gasteiger partial charge in [-0.05, 0) is 55.3 Å². The number of carbonyl (C=O) groups is 3. The molecule has 3 amide bonds. The van der Waals surface area contributed by atoms with Crippen molar-refractivity contribution in [3.63, 3.8) is 0 Å². The first-order chi connectivity index (χ1) is 16.9. The van der Waals surface area contributed by atoms with Crippen molar-refractivity contribution in [1.82, 2.24) is 20.2 Å². The number of fused-ring (bicyclic) bond motifs is 1. The third kappa shape index (κ3) is 5.31. The van der Waals surface area contributed by atoms with Crippen LogP contribution in [0.2, 0.25) is 0 Å². The maximum Gasteiger partial charge on any atom is 0.573 e. The van der Waals surface area contributed by atoms with Crippen molar-refractivity contribution >= 4 is 28.6 Å². The van der Waals surface area contributed by atoms with Crippen LogP contribution in [0, 0.1) is 6.92 Å². The molecule has 1 aliphatic rings. The minimum absolute atomic E-state index is 0.0239. The minimum atomic E-state index is -4.84. The molecule has 1 atom stereocenters. The molecule has 2 aromatic carbocycles. The molecule has 9 nitrogen and oxygen atoms in total. The molecule has 0 saturated carbocycles. The maximum atomic E-state index is 13.3. The van der Waals surface area contributed by atoms with Gasteiger partial charge in [0.25, 0.3) is 11.5 Å². The van der Waals surface area contributed by atoms with E-state index in [1.54, 1.807) is 12.1 Å². The van der Waals surface area contributed by atoms with Gasteiger partial charge >= 0.3 is 6.36 Å². The van der Waals surface area contributed by atoms with Crippen molar-refractivity contribution in [1.29, 1.82) is 0 Å². The highest BCUT2D eigenvalue weighted by Gasteiger charge is 2.31. The lowest BCUT2D eigenvalue weighted by Crippen LogP contribution is -2.45. The Hall–Kier alpha value is -4.22. The zero-order valence-electron chi connectivity index (χ0n) is 19.2. The molecule has 1 aromatic heterocycles. The normalized spacial score (nSPS) is 18.7. The second-order valence-electron chi connectivity index (χ2n) is 7.73. The molecule has 0 spiro atoms. The fourth-order valence-corrected chi connectivity index (χ4v) is 3.68. The molecule has 182 valence electrons. The van der Waals surface area contributed by atoms with Gasteiger partial charge in [-0.3, -0.25) is 29.1 Å². The number of aryl methyl sites for hydroxylation is 1. The quantitative estimate of drug-likeness (QED) is 0.532. The predicted molar refractivity (Wildman–Crippen MR) is 116 cm³/mol. The van der Waals surface area contributed by atoms with Crippen LogP contribution in [-0.2, 0) is 16.1 Å². The van der Waals surface area contributed by atoms with Crippen molar-refractivity contribution in [2.24, 2.45) is 0 Å². The number of nitrogens with zero attached hydrogens (tertiary/aromatic N) is 2. The highest BCUT2D eigenvalue weighted by Crippen LogP contribution is 2.23. The fraction of sp³-hybridized carbons (Fsp3) is 0.261. The number of rotatable bonds is 5. The molecule has 0 bridgehead atoms. The van der Waals surface area contributed by atoms with Crippen LogP contribution in [0.15, 0.2) is 47.3 Å². The number of halogens is 3. The summed E-state index contributed by atoms with van der Waals surface area (Å²) < 4.78 is 50.2. The lowest BCUT2D eigenvalue weighted by Gasteiger charge is -2.24. The number of amides is 3. The number of hydrogen-bond acceptors (Lipinski definition) is 6. The van der Waals surface area contributed by atoms with Gasteiger partial charge in [0, 0.05) is 18.5 Å². The highest BCUT2D eigenvalue weighted by molar-refractivity contribution is 5.99. The Morgan fingerprint density at radius 2 is 1.94 bits per heavy atom. The van der Waals surface area contributed by atoms with Gasteiger partial charge in [-0.25, -0.2) is 4.98 Å². The largest absolute Gasteiger partial charge is 0.573 e. The fourth-order valence-electron chi connectivity index (χ4n) is 3.68. The first-order valence-electron chi connectivity index (χ1n) is 10.9. The number of benzene rings is 2. The van der Waals surface area contributed by atoms with Gasteiger partial charge in [0.15, 0.2) is 0 Å². The lowest BCUT2D eigenvalue weighted by molar-refractivity contribution is -0.274. The van der Waals surface area contributed by atoms with E-state index in [9.17, 15) is 32.3 Å². The molecule has 4 rings (SSSR count). The predicted octanol–water partition coefficient (Wildman–Crippen LogP) is 2.51. The molecule has 1 fully saturated rings. The van der Waals surface area contributed by atoms with Crippen LogP contribution in [0.5, 0.6) is 5.75 Å². The van der Waals surface area contributed by atoms with E-state index in [1.165, 1.54) is 25.1 Å². The summed E-state index contributed by atoms with van der Waals surface area (Å²) in [6.45, 7) is 1.46. The van der Waals surface area contributed by atoms with Crippen LogP contribution in [0.1, 0.15) is 42.0 Å². The maximum absolute atomic E-state index is 13.3. The summed E-state index contributed by atoms with van der Waals surface area (Å²) in [5.41, 5.74) is 0.272. The molecule has 35 heavy (non-hydrogen) atoms. The zero-order valence-corrected chi connectivity index (χ0v) is 18.2. The van der Waals surface area contributed by atoms with Crippen LogP contribution < -0.4 is 20.9 Å². The summed E-state index contributed by atoms with van der Waals surface area (Å²) >= 11 is 0. The van der Waals surface area contributed by atoms with Crippen LogP contribution >= 0.6 is 0 Å². The third-order valence-electron chi connectivity index (χ3n) is 5.28. The van der Waals surface area contributed by atoms with Crippen LogP contribution in [-0.4, -0.2) is 33.6 Å². The van der Waals surface area contributed by atoms with E-state index in [0.29, 0.717) is 11.1 Å². The number of piperidine rings is 1. The molecule has 12 heteroatoms. The second kappa shape index (κ2) is 9.20.